The molecule has 0 aliphatic carbocycles. The van der Waals surface area contributed by atoms with Gasteiger partial charge in [-0.1, -0.05) is 12.1 Å². The zero-order valence-corrected chi connectivity index (χ0v) is 9.36. The van der Waals surface area contributed by atoms with Crippen LogP contribution in [0.5, 0.6) is 0 Å². The van der Waals surface area contributed by atoms with Crippen molar-refractivity contribution in [1.82, 2.24) is 14.9 Å². The number of nitrogens with zero attached hydrogens (tertiary/aromatic N) is 3. The van der Waals surface area contributed by atoms with Gasteiger partial charge in [-0.3, -0.25) is 14.8 Å². The Balaban J connectivity index is 2.01. The SMILES string of the molecule is O=CN(Cc1ccccn1)Cc1ccccn1. The molecular formula is C13H13N3O. The van der Waals surface area contributed by atoms with E-state index in [1.165, 1.54) is 0 Å². The molecule has 2 heterocycles. The van der Waals surface area contributed by atoms with E-state index in [4.69, 9.17) is 0 Å². The predicted octanol–water partition coefficient (Wildman–Crippen LogP) is 1.64. The lowest BCUT2D eigenvalue weighted by atomic mass is 10.3. The second-order valence-electron chi connectivity index (χ2n) is 3.65. The van der Waals surface area contributed by atoms with Crippen LogP contribution < -0.4 is 0 Å². The van der Waals surface area contributed by atoms with Crippen molar-refractivity contribution < 1.29 is 4.79 Å². The minimum absolute atomic E-state index is 0.501. The fraction of sp³-hybridized carbons (Fsp3) is 0.154. The maximum Gasteiger partial charge on any atom is 0.210 e. The highest BCUT2D eigenvalue weighted by Gasteiger charge is 2.05. The first kappa shape index (κ1) is 11.3. The summed E-state index contributed by atoms with van der Waals surface area (Å²) in [5.41, 5.74) is 1.74. The van der Waals surface area contributed by atoms with Gasteiger partial charge in [0, 0.05) is 12.4 Å². The lowest BCUT2D eigenvalue weighted by Gasteiger charge is -2.16. The van der Waals surface area contributed by atoms with Gasteiger partial charge < -0.3 is 4.90 Å². The van der Waals surface area contributed by atoms with Crippen molar-refractivity contribution in [2.75, 3.05) is 0 Å². The summed E-state index contributed by atoms with van der Waals surface area (Å²) in [5.74, 6) is 0. The molecule has 0 N–H and O–H groups in total. The Morgan fingerprint density at radius 1 is 0.941 bits per heavy atom. The molecule has 0 aromatic carbocycles. The lowest BCUT2D eigenvalue weighted by Crippen LogP contribution is -2.21. The molecule has 86 valence electrons. The van der Waals surface area contributed by atoms with E-state index in [0.717, 1.165) is 17.8 Å². The maximum absolute atomic E-state index is 11.0. The fourth-order valence-corrected chi connectivity index (χ4v) is 1.53. The number of carbonyl (C=O) groups excluding carboxylic acids is 1. The number of hydrogen-bond acceptors (Lipinski definition) is 3. The van der Waals surface area contributed by atoms with Crippen molar-refractivity contribution in [3.05, 3.63) is 60.2 Å². The van der Waals surface area contributed by atoms with Crippen molar-refractivity contribution in [2.24, 2.45) is 0 Å². The average Bonchev–Trinajstić information content (AvgIpc) is 2.40. The quantitative estimate of drug-likeness (QED) is 0.729. The smallest absolute Gasteiger partial charge is 0.210 e. The van der Waals surface area contributed by atoms with Crippen LogP contribution in [0.3, 0.4) is 0 Å². The third kappa shape index (κ3) is 3.38. The molecule has 0 spiro atoms. The summed E-state index contributed by atoms with van der Waals surface area (Å²) < 4.78 is 0. The second-order valence-corrected chi connectivity index (χ2v) is 3.65. The second kappa shape index (κ2) is 5.75. The number of amides is 1. The first-order valence-electron chi connectivity index (χ1n) is 5.37. The molecule has 0 unspecified atom stereocenters. The Morgan fingerprint density at radius 2 is 1.47 bits per heavy atom. The molecule has 0 radical (unpaired) electrons. The van der Waals surface area contributed by atoms with Crippen molar-refractivity contribution in [3.8, 4) is 0 Å². The molecule has 2 aromatic heterocycles. The van der Waals surface area contributed by atoms with Crippen molar-refractivity contribution in [3.63, 3.8) is 0 Å². The van der Waals surface area contributed by atoms with E-state index in [1.54, 1.807) is 17.3 Å². The molecular weight excluding hydrogens is 214 g/mol. The van der Waals surface area contributed by atoms with E-state index < -0.39 is 0 Å². The van der Waals surface area contributed by atoms with Gasteiger partial charge in [-0.25, -0.2) is 0 Å². The Labute approximate surface area is 99.9 Å². The Hall–Kier alpha value is -2.23. The van der Waals surface area contributed by atoms with E-state index in [9.17, 15) is 4.79 Å². The zero-order chi connectivity index (χ0) is 11.9. The van der Waals surface area contributed by atoms with Crippen LogP contribution in [0.4, 0.5) is 0 Å². The molecule has 0 saturated heterocycles. The lowest BCUT2D eigenvalue weighted by molar-refractivity contribution is -0.119. The van der Waals surface area contributed by atoms with Crippen LogP contribution in [0.1, 0.15) is 11.4 Å². The number of pyridine rings is 2. The first-order valence-corrected chi connectivity index (χ1v) is 5.37. The van der Waals surface area contributed by atoms with Gasteiger partial charge >= 0.3 is 0 Å². The highest BCUT2D eigenvalue weighted by molar-refractivity contribution is 5.47. The summed E-state index contributed by atoms with van der Waals surface area (Å²) >= 11 is 0. The van der Waals surface area contributed by atoms with Gasteiger partial charge in [-0.2, -0.15) is 0 Å². The Kier molecular flexibility index (Phi) is 3.81. The third-order valence-electron chi connectivity index (χ3n) is 2.33. The minimum Gasteiger partial charge on any atom is -0.333 e. The van der Waals surface area contributed by atoms with Crippen LogP contribution >= 0.6 is 0 Å². The van der Waals surface area contributed by atoms with Crippen LogP contribution in [-0.2, 0) is 17.9 Å². The zero-order valence-electron chi connectivity index (χ0n) is 9.36. The molecule has 0 saturated carbocycles. The van der Waals surface area contributed by atoms with Crippen molar-refractivity contribution >= 4 is 6.41 Å². The van der Waals surface area contributed by atoms with Gasteiger partial charge in [-0.15, -0.1) is 0 Å². The third-order valence-corrected chi connectivity index (χ3v) is 2.33. The van der Waals surface area contributed by atoms with Crippen LogP contribution in [0.2, 0.25) is 0 Å². The van der Waals surface area contributed by atoms with Gasteiger partial charge in [0.2, 0.25) is 6.41 Å². The molecule has 4 nitrogen and oxygen atoms in total. The van der Waals surface area contributed by atoms with E-state index in [0.29, 0.717) is 13.1 Å². The van der Waals surface area contributed by atoms with E-state index in [-0.39, 0.29) is 0 Å². The Bertz CT molecular complexity index is 417. The summed E-state index contributed by atoms with van der Waals surface area (Å²) in [6, 6.07) is 11.3. The molecule has 17 heavy (non-hydrogen) atoms. The van der Waals surface area contributed by atoms with Gasteiger partial charge in [-0.05, 0) is 24.3 Å². The minimum atomic E-state index is 0.501. The largest absolute Gasteiger partial charge is 0.333 e. The summed E-state index contributed by atoms with van der Waals surface area (Å²) in [5, 5.41) is 0. The molecule has 0 atom stereocenters. The normalized spacial score (nSPS) is 9.88. The number of carbonyl (C=O) groups is 1. The standard InChI is InChI=1S/C13H13N3O/c17-11-16(9-12-5-1-3-7-14-12)10-13-6-2-4-8-15-13/h1-8,11H,9-10H2. The fourth-order valence-electron chi connectivity index (χ4n) is 1.53. The number of rotatable bonds is 5. The van der Waals surface area contributed by atoms with E-state index >= 15 is 0 Å². The summed E-state index contributed by atoms with van der Waals surface area (Å²) in [7, 11) is 0. The molecule has 2 aromatic rings. The molecule has 0 fully saturated rings. The maximum atomic E-state index is 11.0. The van der Waals surface area contributed by atoms with Gasteiger partial charge in [0.15, 0.2) is 0 Å². The van der Waals surface area contributed by atoms with Crippen molar-refractivity contribution in [2.45, 2.75) is 13.1 Å². The van der Waals surface area contributed by atoms with Gasteiger partial charge in [0.05, 0.1) is 24.5 Å². The number of aromatic nitrogens is 2. The van der Waals surface area contributed by atoms with E-state index in [1.807, 2.05) is 36.4 Å². The molecule has 2 rings (SSSR count). The van der Waals surface area contributed by atoms with E-state index in [2.05, 4.69) is 9.97 Å². The molecule has 1 amide bonds. The summed E-state index contributed by atoms with van der Waals surface area (Å²) in [4.78, 5) is 21.0. The topological polar surface area (TPSA) is 46.1 Å². The van der Waals surface area contributed by atoms with Crippen LogP contribution in [0.25, 0.3) is 0 Å². The summed E-state index contributed by atoms with van der Waals surface area (Å²) in [6.07, 6.45) is 4.27. The highest BCUT2D eigenvalue weighted by atomic mass is 16.1. The van der Waals surface area contributed by atoms with Crippen LogP contribution in [-0.4, -0.2) is 21.3 Å². The van der Waals surface area contributed by atoms with Crippen molar-refractivity contribution in [1.29, 1.82) is 0 Å². The monoisotopic (exact) mass is 227 g/mol. The number of hydrogen-bond donors (Lipinski definition) is 0. The molecule has 0 aliphatic rings. The van der Waals surface area contributed by atoms with Crippen LogP contribution in [0.15, 0.2) is 48.8 Å². The molecule has 0 bridgehead atoms. The molecule has 0 aliphatic heterocycles. The Morgan fingerprint density at radius 3 is 1.82 bits per heavy atom. The average molecular weight is 227 g/mol. The predicted molar refractivity (Wildman–Crippen MR) is 63.8 cm³/mol. The highest BCUT2D eigenvalue weighted by Crippen LogP contribution is 2.04. The van der Waals surface area contributed by atoms with Gasteiger partial charge in [0.1, 0.15) is 0 Å². The first-order chi connectivity index (χ1) is 8.38. The molecule has 4 heteroatoms. The van der Waals surface area contributed by atoms with Gasteiger partial charge in [0.25, 0.3) is 0 Å². The summed E-state index contributed by atoms with van der Waals surface area (Å²) in [6.45, 7) is 1.00. The van der Waals surface area contributed by atoms with Crippen LogP contribution in [0, 0.1) is 0 Å².